The molecule has 0 spiro atoms. The first-order valence-corrected chi connectivity index (χ1v) is 9.18. The van der Waals surface area contributed by atoms with E-state index in [1.807, 2.05) is 0 Å². The van der Waals surface area contributed by atoms with Crippen molar-refractivity contribution in [3.05, 3.63) is 27.9 Å². The normalized spacial score (nSPS) is 15.2. The second-order valence-electron chi connectivity index (χ2n) is 6.77. The molecule has 2 rings (SSSR count). The number of hydrogen-bond acceptors (Lipinski definition) is 8. The Labute approximate surface area is 159 Å². The standard InChI is InChI=1S/C17H21N3O6S/c1-8(22)12-11-13(20-19-12)9(23)6-10(14(11)24)27-5-4-18-16(26)15(25)17(2,3)7-21/h6,15,21,25H,4-5,7H2,1-3H3,(H,18,26)(H,19,20)/t15-/m0/s1. The molecule has 1 amide bonds. The number of thioether (sulfide) groups is 1. The van der Waals surface area contributed by atoms with Gasteiger partial charge in [-0.05, 0) is 0 Å². The number of carbonyl (C=O) groups is 4. The van der Waals surface area contributed by atoms with E-state index in [1.54, 1.807) is 13.8 Å². The van der Waals surface area contributed by atoms with Gasteiger partial charge in [0.15, 0.2) is 5.78 Å². The van der Waals surface area contributed by atoms with Crippen LogP contribution >= 0.6 is 11.8 Å². The molecule has 1 aromatic heterocycles. The van der Waals surface area contributed by atoms with Crippen molar-refractivity contribution in [3.63, 3.8) is 0 Å². The van der Waals surface area contributed by atoms with E-state index in [9.17, 15) is 29.4 Å². The van der Waals surface area contributed by atoms with Crippen LogP contribution in [-0.4, -0.2) is 68.7 Å². The van der Waals surface area contributed by atoms with Crippen molar-refractivity contribution in [1.29, 1.82) is 0 Å². The number of Topliss-reactive ketones (excluding diaryl/α,β-unsaturated/α-hetero) is 2. The molecular formula is C17H21N3O6S. The third kappa shape index (κ3) is 4.34. The molecular weight excluding hydrogens is 374 g/mol. The molecule has 1 heterocycles. The molecule has 0 fully saturated rings. The van der Waals surface area contributed by atoms with Crippen LogP contribution in [0.5, 0.6) is 0 Å². The average Bonchev–Trinajstić information content (AvgIpc) is 3.07. The number of rotatable bonds is 8. The van der Waals surface area contributed by atoms with Crippen LogP contribution in [0.15, 0.2) is 11.0 Å². The number of ketones is 3. The smallest absolute Gasteiger partial charge is 0.249 e. The molecule has 1 aliphatic rings. The number of carbonyl (C=O) groups excluding carboxylic acids is 4. The summed E-state index contributed by atoms with van der Waals surface area (Å²) in [5, 5.41) is 27.8. The predicted octanol–water partition coefficient (Wildman–Crippen LogP) is 0.104. The second-order valence-corrected chi connectivity index (χ2v) is 7.91. The van der Waals surface area contributed by atoms with E-state index in [4.69, 9.17) is 0 Å². The van der Waals surface area contributed by atoms with Crippen molar-refractivity contribution < 1.29 is 29.4 Å². The highest BCUT2D eigenvalue weighted by Gasteiger charge is 2.34. The minimum Gasteiger partial charge on any atom is -0.396 e. The lowest BCUT2D eigenvalue weighted by Gasteiger charge is -2.27. The summed E-state index contributed by atoms with van der Waals surface area (Å²) in [4.78, 5) is 48.3. The molecule has 1 aromatic rings. The molecule has 0 aromatic carbocycles. The summed E-state index contributed by atoms with van der Waals surface area (Å²) < 4.78 is 0. The minimum absolute atomic E-state index is 0.00258. The first-order valence-electron chi connectivity index (χ1n) is 8.19. The highest BCUT2D eigenvalue weighted by Crippen LogP contribution is 2.29. The molecule has 0 bridgehead atoms. The number of allylic oxidation sites excluding steroid dienone is 2. The molecule has 1 aliphatic carbocycles. The maximum absolute atomic E-state index is 12.5. The van der Waals surface area contributed by atoms with Gasteiger partial charge in [-0.2, -0.15) is 5.10 Å². The summed E-state index contributed by atoms with van der Waals surface area (Å²) in [6.45, 7) is 4.15. The third-order valence-corrected chi connectivity index (χ3v) is 5.14. The summed E-state index contributed by atoms with van der Waals surface area (Å²) in [7, 11) is 0. The quantitative estimate of drug-likeness (QED) is 0.358. The van der Waals surface area contributed by atoms with E-state index in [0.29, 0.717) is 0 Å². The highest BCUT2D eigenvalue weighted by molar-refractivity contribution is 8.04. The Morgan fingerprint density at radius 3 is 2.63 bits per heavy atom. The van der Waals surface area contributed by atoms with Crippen LogP contribution in [-0.2, 0) is 4.79 Å². The number of aliphatic hydroxyl groups excluding tert-OH is 2. The topological polar surface area (TPSA) is 149 Å². The third-order valence-electron chi connectivity index (χ3n) is 4.11. The molecule has 0 unspecified atom stereocenters. The molecule has 10 heteroatoms. The fourth-order valence-electron chi connectivity index (χ4n) is 2.36. The van der Waals surface area contributed by atoms with Crippen LogP contribution in [0.1, 0.15) is 52.1 Å². The number of aliphatic hydroxyl groups is 2. The Kier molecular flexibility index (Phi) is 6.34. The zero-order valence-electron chi connectivity index (χ0n) is 15.2. The van der Waals surface area contributed by atoms with Crippen LogP contribution in [0, 0.1) is 5.41 Å². The van der Waals surface area contributed by atoms with Gasteiger partial charge in [0.25, 0.3) is 0 Å². The predicted molar refractivity (Wildman–Crippen MR) is 97.7 cm³/mol. The van der Waals surface area contributed by atoms with E-state index in [1.165, 1.54) is 13.0 Å². The first kappa shape index (κ1) is 21.0. The summed E-state index contributed by atoms with van der Waals surface area (Å²) >= 11 is 1.06. The fourth-order valence-corrected chi connectivity index (χ4v) is 3.20. The molecule has 0 saturated heterocycles. The van der Waals surface area contributed by atoms with Crippen LogP contribution in [0.4, 0.5) is 0 Å². The maximum atomic E-state index is 12.5. The zero-order valence-corrected chi connectivity index (χ0v) is 16.0. The second kappa shape index (κ2) is 8.15. The van der Waals surface area contributed by atoms with Gasteiger partial charge in [0.1, 0.15) is 17.5 Å². The van der Waals surface area contributed by atoms with Gasteiger partial charge in [-0.1, -0.05) is 13.8 Å². The lowest BCUT2D eigenvalue weighted by atomic mass is 9.87. The number of aromatic nitrogens is 2. The Bertz CT molecular complexity index is 827. The van der Waals surface area contributed by atoms with E-state index in [2.05, 4.69) is 15.5 Å². The number of aromatic amines is 1. The maximum Gasteiger partial charge on any atom is 0.249 e. The van der Waals surface area contributed by atoms with Crippen molar-refractivity contribution in [2.24, 2.45) is 5.41 Å². The van der Waals surface area contributed by atoms with Gasteiger partial charge >= 0.3 is 0 Å². The Morgan fingerprint density at radius 2 is 2.04 bits per heavy atom. The van der Waals surface area contributed by atoms with Crippen LogP contribution in [0.3, 0.4) is 0 Å². The summed E-state index contributed by atoms with van der Waals surface area (Å²) in [5.74, 6) is -1.71. The van der Waals surface area contributed by atoms with E-state index in [0.717, 1.165) is 11.8 Å². The molecule has 27 heavy (non-hydrogen) atoms. The van der Waals surface area contributed by atoms with E-state index in [-0.39, 0.29) is 40.8 Å². The Morgan fingerprint density at radius 1 is 1.37 bits per heavy atom. The van der Waals surface area contributed by atoms with Gasteiger partial charge < -0.3 is 15.5 Å². The number of nitrogens with zero attached hydrogens (tertiary/aromatic N) is 1. The van der Waals surface area contributed by atoms with Crippen molar-refractivity contribution in [2.75, 3.05) is 18.9 Å². The van der Waals surface area contributed by atoms with E-state index >= 15 is 0 Å². The molecule has 0 aliphatic heterocycles. The summed E-state index contributed by atoms with van der Waals surface area (Å²) in [6, 6.07) is 0. The van der Waals surface area contributed by atoms with Crippen molar-refractivity contribution >= 4 is 35.0 Å². The van der Waals surface area contributed by atoms with Crippen molar-refractivity contribution in [2.45, 2.75) is 26.9 Å². The van der Waals surface area contributed by atoms with Gasteiger partial charge in [-0.15, -0.1) is 11.8 Å². The lowest BCUT2D eigenvalue weighted by Crippen LogP contribution is -2.46. The number of amides is 1. The SMILES string of the molecule is CC(=O)c1n[nH]c2c1C(=O)C(SCCNC(=O)[C@H](O)C(C)(C)CO)=CC2=O. The zero-order chi connectivity index (χ0) is 20.4. The van der Waals surface area contributed by atoms with Crippen molar-refractivity contribution in [3.8, 4) is 0 Å². The van der Waals surface area contributed by atoms with Gasteiger partial charge in [-0.3, -0.25) is 24.3 Å². The summed E-state index contributed by atoms with van der Waals surface area (Å²) in [5.41, 5.74) is -1.08. The molecule has 146 valence electrons. The van der Waals surface area contributed by atoms with Crippen LogP contribution in [0.25, 0.3) is 0 Å². The number of fused-ring (bicyclic) bond motifs is 1. The number of nitrogens with one attached hydrogen (secondary N) is 2. The molecule has 4 N–H and O–H groups in total. The first-order chi connectivity index (χ1) is 12.6. The van der Waals surface area contributed by atoms with Crippen molar-refractivity contribution in [1.82, 2.24) is 15.5 Å². The number of H-pyrrole nitrogens is 1. The monoisotopic (exact) mass is 395 g/mol. The van der Waals surface area contributed by atoms with Crippen LogP contribution < -0.4 is 5.32 Å². The molecule has 1 atom stereocenters. The van der Waals surface area contributed by atoms with Gasteiger partial charge in [0, 0.05) is 30.7 Å². The van der Waals surface area contributed by atoms with Crippen LogP contribution in [0.2, 0.25) is 0 Å². The average molecular weight is 395 g/mol. The minimum atomic E-state index is -1.38. The van der Waals surface area contributed by atoms with Gasteiger partial charge in [-0.25, -0.2) is 0 Å². The Hall–Kier alpha value is -2.30. The molecule has 0 saturated carbocycles. The number of hydrogen-bond donors (Lipinski definition) is 4. The molecule has 9 nitrogen and oxygen atoms in total. The lowest BCUT2D eigenvalue weighted by molar-refractivity contribution is -0.136. The molecule has 0 radical (unpaired) electrons. The summed E-state index contributed by atoms with van der Waals surface area (Å²) in [6.07, 6.45) is -0.209. The largest absolute Gasteiger partial charge is 0.396 e. The van der Waals surface area contributed by atoms with E-state index < -0.39 is 34.8 Å². The Balaban J connectivity index is 1.96. The van der Waals surface area contributed by atoms with Gasteiger partial charge in [0.2, 0.25) is 17.5 Å². The highest BCUT2D eigenvalue weighted by atomic mass is 32.2. The van der Waals surface area contributed by atoms with Gasteiger partial charge in [0.05, 0.1) is 17.1 Å². The fraction of sp³-hybridized carbons (Fsp3) is 0.471.